The number of fused-ring (bicyclic) bond motifs is 4. The van der Waals surface area contributed by atoms with Gasteiger partial charge in [-0.2, -0.15) is 16.8 Å². The first-order chi connectivity index (χ1) is 31.0. The van der Waals surface area contributed by atoms with E-state index in [0.29, 0.717) is 29.8 Å². The molecule has 1 aromatic heterocycles. The fourth-order valence-corrected chi connectivity index (χ4v) is 10.2. The average Bonchev–Trinajstić information content (AvgIpc) is 3.59. The molecule has 340 valence electrons. The molecule has 2 aliphatic heterocycles. The van der Waals surface area contributed by atoms with Gasteiger partial charge in [-0.1, -0.05) is 96.5 Å². The summed E-state index contributed by atoms with van der Waals surface area (Å²) in [7, 11) is -6.72. The zero-order valence-corrected chi connectivity index (χ0v) is 38.2. The molecule has 3 heterocycles. The van der Waals surface area contributed by atoms with E-state index >= 15 is 0 Å². The van der Waals surface area contributed by atoms with Gasteiger partial charge in [0.25, 0.3) is 20.2 Å². The summed E-state index contributed by atoms with van der Waals surface area (Å²) in [6.45, 7) is 5.60. The lowest BCUT2D eigenvalue weighted by atomic mass is 9.84. The van der Waals surface area contributed by atoms with Crippen LogP contribution in [0.2, 0.25) is 5.02 Å². The summed E-state index contributed by atoms with van der Waals surface area (Å²) in [5.41, 5.74) is 6.47. The van der Waals surface area contributed by atoms with Crippen LogP contribution in [0.15, 0.2) is 149 Å². The van der Waals surface area contributed by atoms with E-state index in [-0.39, 0.29) is 22.4 Å². The standard InChI is InChI=1S/C21H23ClFNO2.C19H20N2.C10H8O6S2/c22-18-7-5-17(6-8-18)21(26)11-14-24(15-12-21)13-1-2-20(25)16-3-9-19(23)10-4-16;1-20-12-11-19-17(14-20)16-9-5-6-10-18(16)21(19)13-15-7-3-2-4-8-15;11-17(12,13)9-5-1-3-7-8(9)4-2-6-10(7)18(14,15)16/h3-10,26H,1-2,11-15H2;2-10H,11-14H2,1H3;1-6H,(H,11,12,13)(H,14,15,16). The van der Waals surface area contributed by atoms with Crippen molar-refractivity contribution in [3.63, 3.8) is 0 Å². The second-order valence-electron chi connectivity index (χ2n) is 16.5. The molecule has 0 spiro atoms. The summed E-state index contributed by atoms with van der Waals surface area (Å²) in [4.78, 5) is 16.0. The third-order valence-electron chi connectivity index (χ3n) is 12.0. The van der Waals surface area contributed by atoms with E-state index in [1.54, 1.807) is 0 Å². The van der Waals surface area contributed by atoms with Gasteiger partial charge in [-0.25, -0.2) is 4.39 Å². The molecule has 9 rings (SSSR count). The Balaban J connectivity index is 0.000000148. The number of benzene rings is 6. The minimum Gasteiger partial charge on any atom is -0.385 e. The molecule has 0 bridgehead atoms. The van der Waals surface area contributed by atoms with Crippen molar-refractivity contribution in [2.45, 2.75) is 60.6 Å². The summed E-state index contributed by atoms with van der Waals surface area (Å²) in [5, 5.41) is 13.0. The third-order valence-corrected chi connectivity index (χ3v) is 14.1. The van der Waals surface area contributed by atoms with Crippen molar-refractivity contribution >= 4 is 59.3 Å². The van der Waals surface area contributed by atoms with Gasteiger partial charge in [0, 0.05) is 83.5 Å². The molecule has 7 aromatic rings. The van der Waals surface area contributed by atoms with Crippen LogP contribution in [0.4, 0.5) is 4.39 Å². The van der Waals surface area contributed by atoms with Crippen LogP contribution < -0.4 is 0 Å². The lowest BCUT2D eigenvalue weighted by molar-refractivity contribution is -0.0260. The van der Waals surface area contributed by atoms with Crippen molar-refractivity contribution in [1.29, 1.82) is 0 Å². The Morgan fingerprint density at radius 2 is 1.28 bits per heavy atom. The number of rotatable bonds is 10. The molecule has 11 nitrogen and oxygen atoms in total. The lowest BCUT2D eigenvalue weighted by Crippen LogP contribution is -2.42. The van der Waals surface area contributed by atoms with Crippen molar-refractivity contribution in [3.05, 3.63) is 178 Å². The molecule has 65 heavy (non-hydrogen) atoms. The molecule has 0 unspecified atom stereocenters. The van der Waals surface area contributed by atoms with E-state index in [4.69, 9.17) is 20.7 Å². The maximum Gasteiger partial charge on any atom is 0.295 e. The molecule has 0 amide bonds. The number of likely N-dealkylation sites (tertiary alicyclic amines) is 1. The van der Waals surface area contributed by atoms with Crippen molar-refractivity contribution in [2.75, 3.05) is 33.2 Å². The summed E-state index contributed by atoms with van der Waals surface area (Å²) in [5.74, 6) is -0.289. The van der Waals surface area contributed by atoms with Gasteiger partial charge in [-0.3, -0.25) is 13.9 Å². The quantitative estimate of drug-likeness (QED) is 0.0892. The van der Waals surface area contributed by atoms with Gasteiger partial charge in [0.15, 0.2) is 5.78 Å². The number of nitrogens with zero attached hydrogens (tertiary/aromatic N) is 3. The number of carbonyl (C=O) groups is 1. The molecule has 3 N–H and O–H groups in total. The van der Waals surface area contributed by atoms with Crippen molar-refractivity contribution in [2.24, 2.45) is 0 Å². The van der Waals surface area contributed by atoms with Gasteiger partial charge >= 0.3 is 0 Å². The predicted octanol–water partition coefficient (Wildman–Crippen LogP) is 9.44. The van der Waals surface area contributed by atoms with Gasteiger partial charge in [0.1, 0.15) is 15.6 Å². The van der Waals surface area contributed by atoms with Gasteiger partial charge in [-0.05, 0) is 104 Å². The normalized spacial score (nSPS) is 15.4. The predicted molar refractivity (Wildman–Crippen MR) is 252 cm³/mol. The minimum atomic E-state index is -4.47. The van der Waals surface area contributed by atoms with E-state index in [1.807, 2.05) is 24.3 Å². The second-order valence-corrected chi connectivity index (χ2v) is 19.7. The fourth-order valence-electron chi connectivity index (χ4n) is 8.62. The van der Waals surface area contributed by atoms with E-state index in [2.05, 4.69) is 76.0 Å². The Kier molecular flexibility index (Phi) is 15.0. The zero-order valence-electron chi connectivity index (χ0n) is 35.9. The van der Waals surface area contributed by atoms with Crippen LogP contribution in [0, 0.1) is 5.82 Å². The zero-order chi connectivity index (χ0) is 46.4. The van der Waals surface area contributed by atoms with Crippen molar-refractivity contribution in [1.82, 2.24) is 14.4 Å². The summed E-state index contributed by atoms with van der Waals surface area (Å²) < 4.78 is 78.1. The van der Waals surface area contributed by atoms with Crippen LogP contribution >= 0.6 is 11.6 Å². The number of Topliss-reactive ketones (excluding diaryl/α,β-unsaturated/α-hetero) is 1. The Hall–Kier alpha value is -5.29. The van der Waals surface area contributed by atoms with E-state index in [9.17, 15) is 31.1 Å². The Labute approximate surface area is 384 Å². The summed E-state index contributed by atoms with van der Waals surface area (Å²) in [6.07, 6.45) is 3.69. The fraction of sp³-hybridized carbons (Fsp3) is 0.260. The molecule has 1 fully saturated rings. The van der Waals surface area contributed by atoms with Crippen LogP contribution in [0.5, 0.6) is 0 Å². The number of hydrogen-bond donors (Lipinski definition) is 3. The number of para-hydroxylation sites is 1. The average molecular weight is 941 g/mol. The van der Waals surface area contributed by atoms with E-state index < -0.39 is 35.6 Å². The van der Waals surface area contributed by atoms with Crippen LogP contribution in [0.1, 0.15) is 58.4 Å². The highest BCUT2D eigenvalue weighted by atomic mass is 35.5. The van der Waals surface area contributed by atoms with Crippen molar-refractivity contribution < 1.29 is 40.2 Å². The highest BCUT2D eigenvalue weighted by Gasteiger charge is 2.34. The largest absolute Gasteiger partial charge is 0.385 e. The van der Waals surface area contributed by atoms with E-state index in [0.717, 1.165) is 69.8 Å². The summed E-state index contributed by atoms with van der Waals surface area (Å²) in [6, 6.07) is 40.2. The molecule has 0 atom stereocenters. The number of aromatic nitrogens is 1. The van der Waals surface area contributed by atoms with Crippen molar-refractivity contribution in [3.8, 4) is 0 Å². The van der Waals surface area contributed by atoms with Gasteiger partial charge in [0.05, 0.1) is 5.60 Å². The van der Waals surface area contributed by atoms with Gasteiger partial charge in [-0.15, -0.1) is 0 Å². The minimum absolute atomic E-state index is 0.0233. The van der Waals surface area contributed by atoms with Gasteiger partial charge in [0.2, 0.25) is 0 Å². The first-order valence-electron chi connectivity index (χ1n) is 21.3. The first kappa shape index (κ1) is 47.7. The molecular formula is C50H51ClFN3O8S2. The highest BCUT2D eigenvalue weighted by Crippen LogP contribution is 2.34. The van der Waals surface area contributed by atoms with Crippen LogP contribution in [0.25, 0.3) is 21.7 Å². The molecule has 2 aliphatic rings. The topological polar surface area (TPSA) is 157 Å². The number of halogens is 2. The maximum atomic E-state index is 12.9. The van der Waals surface area contributed by atoms with Crippen LogP contribution in [0.3, 0.4) is 0 Å². The monoisotopic (exact) mass is 939 g/mol. The Bertz CT molecular complexity index is 2920. The number of likely N-dealkylation sites (N-methyl/N-ethyl adjacent to an activating group) is 1. The molecule has 15 heteroatoms. The highest BCUT2D eigenvalue weighted by molar-refractivity contribution is 7.86. The number of carbonyl (C=O) groups excluding carboxylic acids is 1. The SMILES string of the molecule is CN1CCc2c(c3ccccc3n2Cc2ccccc2)C1.O=C(CCCN1CCC(O)(c2ccc(Cl)cc2)CC1)c1ccc(F)cc1.O=S(=O)(O)c1cccc2c(S(=O)(=O)O)cccc12. The Morgan fingerprint density at radius 1 is 0.708 bits per heavy atom. The number of ketones is 1. The van der Waals surface area contributed by atoms with Crippen LogP contribution in [-0.2, 0) is 45.3 Å². The molecule has 0 aliphatic carbocycles. The number of hydrogen-bond acceptors (Lipinski definition) is 8. The Morgan fingerprint density at radius 3 is 1.88 bits per heavy atom. The first-order valence-corrected chi connectivity index (χ1v) is 24.5. The van der Waals surface area contributed by atoms with E-state index in [1.165, 1.54) is 76.3 Å². The maximum absolute atomic E-state index is 12.9. The van der Waals surface area contributed by atoms with Crippen LogP contribution in [-0.4, -0.2) is 84.4 Å². The molecule has 6 aromatic carbocycles. The smallest absolute Gasteiger partial charge is 0.295 e. The second kappa shape index (κ2) is 20.5. The molecule has 1 saturated heterocycles. The third kappa shape index (κ3) is 11.8. The lowest BCUT2D eigenvalue weighted by Gasteiger charge is -2.38. The molecular weight excluding hydrogens is 889 g/mol. The van der Waals surface area contributed by atoms with Gasteiger partial charge < -0.3 is 19.5 Å². The molecule has 0 saturated carbocycles. The number of aliphatic hydroxyl groups is 1. The molecule has 0 radical (unpaired) electrons. The number of piperidine rings is 1. The summed E-state index contributed by atoms with van der Waals surface area (Å²) >= 11 is 5.92.